The fourth-order valence-electron chi connectivity index (χ4n) is 1.82. The summed E-state index contributed by atoms with van der Waals surface area (Å²) >= 11 is 0. The van der Waals surface area contributed by atoms with Crippen molar-refractivity contribution in [3.63, 3.8) is 0 Å². The van der Waals surface area contributed by atoms with Gasteiger partial charge in [0, 0.05) is 17.3 Å². The number of amides is 1. The maximum Gasteiger partial charge on any atom is 0.336 e. The first-order valence-corrected chi connectivity index (χ1v) is 5.98. The molecule has 0 unspecified atom stereocenters. The molecule has 0 aliphatic rings. The molecule has 108 valence electrons. The van der Waals surface area contributed by atoms with Crippen LogP contribution in [0.1, 0.15) is 26.3 Å². The number of nitrogens with one attached hydrogen (secondary N) is 1. The number of rotatable bonds is 3. The molecule has 2 N–H and O–H groups in total. The molecule has 2 rings (SSSR count). The average Bonchev–Trinajstić information content (AvgIpc) is 2.39. The Labute approximate surface area is 119 Å². The molecular formula is C15H11F2NO3. The lowest BCUT2D eigenvalue weighted by Gasteiger charge is -2.08. The minimum atomic E-state index is -1.12. The van der Waals surface area contributed by atoms with Gasteiger partial charge in [-0.3, -0.25) is 4.79 Å². The Morgan fingerprint density at radius 3 is 2.24 bits per heavy atom. The summed E-state index contributed by atoms with van der Waals surface area (Å²) in [7, 11) is 0. The third-order valence-corrected chi connectivity index (χ3v) is 2.85. The summed E-state index contributed by atoms with van der Waals surface area (Å²) in [6.07, 6.45) is 0. The van der Waals surface area contributed by atoms with Crippen molar-refractivity contribution in [2.75, 3.05) is 5.32 Å². The van der Waals surface area contributed by atoms with Gasteiger partial charge in [-0.1, -0.05) is 6.07 Å². The van der Waals surface area contributed by atoms with Gasteiger partial charge in [-0.2, -0.15) is 0 Å². The third-order valence-electron chi connectivity index (χ3n) is 2.85. The third kappa shape index (κ3) is 3.42. The van der Waals surface area contributed by atoms with E-state index in [9.17, 15) is 18.4 Å². The summed E-state index contributed by atoms with van der Waals surface area (Å²) in [4.78, 5) is 22.9. The molecule has 0 atom stereocenters. The summed E-state index contributed by atoms with van der Waals surface area (Å²) in [5.41, 5.74) is 0.619. The van der Waals surface area contributed by atoms with Crippen molar-refractivity contribution in [1.29, 1.82) is 0 Å². The van der Waals surface area contributed by atoms with Crippen LogP contribution >= 0.6 is 0 Å². The second-order valence-electron chi connectivity index (χ2n) is 4.45. The van der Waals surface area contributed by atoms with Crippen LogP contribution in [0.25, 0.3) is 0 Å². The molecule has 0 fully saturated rings. The van der Waals surface area contributed by atoms with Crippen molar-refractivity contribution in [3.8, 4) is 0 Å². The van der Waals surface area contributed by atoms with Crippen LogP contribution in [0.2, 0.25) is 0 Å². The standard InChI is InChI=1S/C15H11F2NO3/c1-8-2-3-12(7-13(8)15(20)21)18-14(19)9-4-10(16)6-11(17)5-9/h2-7H,1H3,(H,18,19)(H,20,21). The van der Waals surface area contributed by atoms with E-state index in [0.29, 0.717) is 11.6 Å². The summed E-state index contributed by atoms with van der Waals surface area (Å²) in [6.45, 7) is 1.62. The van der Waals surface area contributed by atoms with E-state index >= 15 is 0 Å². The highest BCUT2D eigenvalue weighted by atomic mass is 19.1. The molecule has 0 spiro atoms. The predicted octanol–water partition coefficient (Wildman–Crippen LogP) is 3.22. The van der Waals surface area contributed by atoms with Crippen molar-refractivity contribution in [2.24, 2.45) is 0 Å². The molecule has 6 heteroatoms. The van der Waals surface area contributed by atoms with E-state index in [0.717, 1.165) is 12.1 Å². The number of anilines is 1. The average molecular weight is 291 g/mol. The number of carbonyl (C=O) groups is 2. The van der Waals surface area contributed by atoms with Gasteiger partial charge in [-0.05, 0) is 36.8 Å². The van der Waals surface area contributed by atoms with Crippen molar-refractivity contribution < 1.29 is 23.5 Å². The minimum absolute atomic E-state index is 0.0400. The highest BCUT2D eigenvalue weighted by Crippen LogP contribution is 2.17. The molecule has 1 amide bonds. The second kappa shape index (κ2) is 5.70. The van der Waals surface area contributed by atoms with E-state index in [1.807, 2.05) is 0 Å². The van der Waals surface area contributed by atoms with Gasteiger partial charge in [0.05, 0.1) is 5.56 Å². The normalized spacial score (nSPS) is 10.2. The van der Waals surface area contributed by atoms with Crippen molar-refractivity contribution in [1.82, 2.24) is 0 Å². The number of carboxylic acids is 1. The van der Waals surface area contributed by atoms with Crippen LogP contribution in [-0.2, 0) is 0 Å². The molecule has 21 heavy (non-hydrogen) atoms. The molecule has 0 bridgehead atoms. The molecule has 2 aromatic rings. The first-order chi connectivity index (χ1) is 9.86. The highest BCUT2D eigenvalue weighted by Gasteiger charge is 2.12. The number of carbonyl (C=O) groups excluding carboxylic acids is 1. The zero-order valence-corrected chi connectivity index (χ0v) is 11.0. The van der Waals surface area contributed by atoms with Crippen LogP contribution in [0.3, 0.4) is 0 Å². The maximum absolute atomic E-state index is 13.1. The van der Waals surface area contributed by atoms with E-state index in [-0.39, 0.29) is 16.8 Å². The predicted molar refractivity (Wildman–Crippen MR) is 72.4 cm³/mol. The van der Waals surface area contributed by atoms with E-state index in [1.165, 1.54) is 18.2 Å². The molecule has 0 saturated carbocycles. The molecular weight excluding hydrogens is 280 g/mol. The summed E-state index contributed by atoms with van der Waals surface area (Å²) < 4.78 is 26.1. The van der Waals surface area contributed by atoms with Gasteiger partial charge in [0.1, 0.15) is 11.6 Å². The minimum Gasteiger partial charge on any atom is -0.478 e. The summed E-state index contributed by atoms with van der Waals surface area (Å²) in [5, 5.41) is 11.4. The van der Waals surface area contributed by atoms with Crippen molar-refractivity contribution in [3.05, 3.63) is 64.7 Å². The molecule has 0 radical (unpaired) electrons. The number of hydrogen-bond donors (Lipinski definition) is 2. The molecule has 0 aromatic heterocycles. The number of aromatic carboxylic acids is 1. The molecule has 0 aliphatic heterocycles. The topological polar surface area (TPSA) is 66.4 Å². The largest absolute Gasteiger partial charge is 0.478 e. The zero-order chi connectivity index (χ0) is 15.6. The number of halogens is 2. The Morgan fingerprint density at radius 1 is 1.05 bits per heavy atom. The van der Waals surface area contributed by atoms with Gasteiger partial charge in [0.15, 0.2) is 0 Å². The van der Waals surface area contributed by atoms with Gasteiger partial charge < -0.3 is 10.4 Å². The van der Waals surface area contributed by atoms with Crippen LogP contribution in [0, 0.1) is 18.6 Å². The fraction of sp³-hybridized carbons (Fsp3) is 0.0667. The van der Waals surface area contributed by atoms with Gasteiger partial charge in [0.2, 0.25) is 0 Å². The highest BCUT2D eigenvalue weighted by molar-refractivity contribution is 6.04. The van der Waals surface area contributed by atoms with Gasteiger partial charge in [0.25, 0.3) is 5.91 Å². The Kier molecular flexibility index (Phi) is 3.98. The van der Waals surface area contributed by atoms with Gasteiger partial charge in [-0.15, -0.1) is 0 Å². The lowest BCUT2D eigenvalue weighted by Crippen LogP contribution is -2.13. The summed E-state index contributed by atoms with van der Waals surface area (Å²) in [5.74, 6) is -3.58. The molecule has 2 aromatic carbocycles. The quantitative estimate of drug-likeness (QED) is 0.912. The first-order valence-electron chi connectivity index (χ1n) is 5.98. The van der Waals surface area contributed by atoms with E-state index in [1.54, 1.807) is 6.92 Å². The van der Waals surface area contributed by atoms with E-state index < -0.39 is 23.5 Å². The molecule has 0 aliphatic carbocycles. The second-order valence-corrected chi connectivity index (χ2v) is 4.45. The lowest BCUT2D eigenvalue weighted by molar-refractivity contribution is 0.0695. The Morgan fingerprint density at radius 2 is 1.67 bits per heavy atom. The van der Waals surface area contributed by atoms with Crippen molar-refractivity contribution in [2.45, 2.75) is 6.92 Å². The van der Waals surface area contributed by atoms with Gasteiger partial charge >= 0.3 is 5.97 Å². The van der Waals surface area contributed by atoms with Crippen molar-refractivity contribution >= 4 is 17.6 Å². The van der Waals surface area contributed by atoms with E-state index in [2.05, 4.69) is 5.32 Å². The smallest absolute Gasteiger partial charge is 0.336 e. The Balaban J connectivity index is 2.27. The first kappa shape index (κ1) is 14.6. The Bertz CT molecular complexity index is 709. The van der Waals surface area contributed by atoms with Crippen LogP contribution in [0.5, 0.6) is 0 Å². The fourth-order valence-corrected chi connectivity index (χ4v) is 1.82. The lowest BCUT2D eigenvalue weighted by atomic mass is 10.1. The summed E-state index contributed by atoms with van der Waals surface area (Å²) in [6, 6.07) is 6.77. The maximum atomic E-state index is 13.1. The van der Waals surface area contributed by atoms with Crippen LogP contribution in [0.4, 0.5) is 14.5 Å². The van der Waals surface area contributed by atoms with E-state index in [4.69, 9.17) is 5.11 Å². The number of benzene rings is 2. The number of aryl methyl sites for hydroxylation is 1. The SMILES string of the molecule is Cc1ccc(NC(=O)c2cc(F)cc(F)c2)cc1C(=O)O. The van der Waals surface area contributed by atoms with Gasteiger partial charge in [-0.25, -0.2) is 13.6 Å². The van der Waals surface area contributed by atoms with Crippen LogP contribution in [0.15, 0.2) is 36.4 Å². The molecule has 0 saturated heterocycles. The Hall–Kier alpha value is -2.76. The monoisotopic (exact) mass is 291 g/mol. The van der Waals surface area contributed by atoms with Crippen LogP contribution in [-0.4, -0.2) is 17.0 Å². The number of carboxylic acid groups (broad SMARTS) is 1. The number of hydrogen-bond acceptors (Lipinski definition) is 2. The van der Waals surface area contributed by atoms with Crippen LogP contribution < -0.4 is 5.32 Å². The molecule has 4 nitrogen and oxygen atoms in total. The zero-order valence-electron chi connectivity index (χ0n) is 11.0. The molecule has 0 heterocycles.